The summed E-state index contributed by atoms with van der Waals surface area (Å²) >= 11 is 6.33. The van der Waals surface area contributed by atoms with Gasteiger partial charge in [0.15, 0.2) is 0 Å². The normalized spacial score (nSPS) is 24.0. The Labute approximate surface area is 186 Å². The first-order valence-corrected chi connectivity index (χ1v) is 11.7. The molecule has 0 saturated heterocycles. The van der Waals surface area contributed by atoms with Crippen LogP contribution >= 0.6 is 39.0 Å². The van der Waals surface area contributed by atoms with Gasteiger partial charge < -0.3 is 15.2 Å². The molecule has 3 rings (SSSR count). The smallest absolute Gasteiger partial charge is 0.314 e. The Balaban J connectivity index is 2.00. The highest BCUT2D eigenvalue weighted by Gasteiger charge is 2.51. The highest BCUT2D eigenvalue weighted by molar-refractivity contribution is 9.10. The Morgan fingerprint density at radius 3 is 2.72 bits per heavy atom. The lowest BCUT2D eigenvalue weighted by molar-refractivity contribution is -0.160. The third-order valence-corrected chi connectivity index (χ3v) is 7.24. The molecule has 5 nitrogen and oxygen atoms in total. The van der Waals surface area contributed by atoms with E-state index in [2.05, 4.69) is 27.3 Å². The highest BCUT2D eigenvalue weighted by Crippen LogP contribution is 2.46. The standard InChI is InChI=1S/C21H21BrN2O3S2/c1-3-27-20(25)18-17(16-5-4-10-28-16)15(11-23)19(24-21(18,2)26)29-12-13-6-8-14(22)9-7-13/h4-10,17-18,24,26H,3,12H2,1-2H3. The van der Waals surface area contributed by atoms with Crippen molar-refractivity contribution in [3.05, 3.63) is 67.3 Å². The zero-order valence-corrected chi connectivity index (χ0v) is 19.2. The van der Waals surface area contributed by atoms with Crippen LogP contribution < -0.4 is 5.32 Å². The lowest BCUT2D eigenvalue weighted by atomic mass is 9.76. The predicted molar refractivity (Wildman–Crippen MR) is 119 cm³/mol. The van der Waals surface area contributed by atoms with Crippen LogP contribution in [0, 0.1) is 17.2 Å². The average molecular weight is 493 g/mol. The fourth-order valence-corrected chi connectivity index (χ4v) is 5.60. The van der Waals surface area contributed by atoms with Gasteiger partial charge in [0.25, 0.3) is 0 Å². The van der Waals surface area contributed by atoms with Gasteiger partial charge in [0.1, 0.15) is 11.6 Å². The van der Waals surface area contributed by atoms with Gasteiger partial charge in [0.2, 0.25) is 0 Å². The number of nitriles is 1. The number of ether oxygens (including phenoxy) is 1. The van der Waals surface area contributed by atoms with Crippen LogP contribution in [0.5, 0.6) is 0 Å². The van der Waals surface area contributed by atoms with Crippen molar-refractivity contribution < 1.29 is 14.6 Å². The van der Waals surface area contributed by atoms with Gasteiger partial charge in [-0.25, -0.2) is 0 Å². The number of benzene rings is 1. The van der Waals surface area contributed by atoms with Gasteiger partial charge in [0, 0.05) is 21.0 Å². The van der Waals surface area contributed by atoms with E-state index in [1.807, 2.05) is 41.8 Å². The van der Waals surface area contributed by atoms with Crippen molar-refractivity contribution in [2.75, 3.05) is 6.61 Å². The summed E-state index contributed by atoms with van der Waals surface area (Å²) in [6, 6.07) is 14.0. The highest BCUT2D eigenvalue weighted by atomic mass is 79.9. The van der Waals surface area contributed by atoms with Crippen LogP contribution in [0.4, 0.5) is 0 Å². The lowest BCUT2D eigenvalue weighted by Crippen LogP contribution is -2.56. The molecule has 29 heavy (non-hydrogen) atoms. The van der Waals surface area contributed by atoms with Crippen LogP contribution in [0.1, 0.15) is 30.2 Å². The molecule has 0 radical (unpaired) electrons. The van der Waals surface area contributed by atoms with E-state index in [9.17, 15) is 15.2 Å². The van der Waals surface area contributed by atoms with Gasteiger partial charge in [0.05, 0.1) is 23.3 Å². The van der Waals surface area contributed by atoms with Crippen molar-refractivity contribution in [3.8, 4) is 6.07 Å². The summed E-state index contributed by atoms with van der Waals surface area (Å²) in [7, 11) is 0. The largest absolute Gasteiger partial charge is 0.466 e. The van der Waals surface area contributed by atoms with Crippen molar-refractivity contribution in [1.29, 1.82) is 5.26 Å². The van der Waals surface area contributed by atoms with E-state index >= 15 is 0 Å². The number of thioether (sulfide) groups is 1. The Bertz CT molecular complexity index is 934. The maximum atomic E-state index is 12.7. The summed E-state index contributed by atoms with van der Waals surface area (Å²) in [5, 5.41) is 26.6. The van der Waals surface area contributed by atoms with E-state index in [0.717, 1.165) is 14.9 Å². The van der Waals surface area contributed by atoms with Crippen molar-refractivity contribution in [2.45, 2.75) is 31.2 Å². The van der Waals surface area contributed by atoms with Gasteiger partial charge in [-0.05, 0) is 43.0 Å². The Hall–Kier alpha value is -1.79. The fourth-order valence-electron chi connectivity index (χ4n) is 3.35. The second-order valence-electron chi connectivity index (χ2n) is 6.77. The molecular weight excluding hydrogens is 472 g/mol. The molecule has 152 valence electrons. The van der Waals surface area contributed by atoms with Crippen molar-refractivity contribution in [2.24, 2.45) is 5.92 Å². The molecule has 1 aromatic carbocycles. The summed E-state index contributed by atoms with van der Waals surface area (Å²) < 4.78 is 6.23. The van der Waals surface area contributed by atoms with E-state index in [-0.39, 0.29) is 6.61 Å². The number of hydrogen-bond donors (Lipinski definition) is 2. The predicted octanol–water partition coefficient (Wildman–Crippen LogP) is 4.75. The van der Waals surface area contributed by atoms with Crippen molar-refractivity contribution >= 4 is 45.0 Å². The van der Waals surface area contributed by atoms with Crippen LogP contribution in [0.2, 0.25) is 0 Å². The van der Waals surface area contributed by atoms with Crippen LogP contribution in [0.25, 0.3) is 0 Å². The third kappa shape index (κ3) is 4.86. The van der Waals surface area contributed by atoms with Crippen LogP contribution in [-0.4, -0.2) is 23.4 Å². The number of thiophene rings is 1. The van der Waals surface area contributed by atoms with E-state index < -0.39 is 23.5 Å². The number of aliphatic hydroxyl groups is 1. The van der Waals surface area contributed by atoms with E-state index in [1.165, 1.54) is 23.1 Å². The van der Waals surface area contributed by atoms with E-state index in [4.69, 9.17) is 4.74 Å². The summed E-state index contributed by atoms with van der Waals surface area (Å²) in [5.74, 6) is -1.39. The van der Waals surface area contributed by atoms with Crippen LogP contribution in [-0.2, 0) is 15.3 Å². The number of halogens is 1. The minimum absolute atomic E-state index is 0.208. The minimum Gasteiger partial charge on any atom is -0.466 e. The molecule has 2 aromatic rings. The Morgan fingerprint density at radius 1 is 1.41 bits per heavy atom. The summed E-state index contributed by atoms with van der Waals surface area (Å²) in [6.07, 6.45) is 0. The number of allylic oxidation sites excluding steroid dienone is 1. The molecule has 0 amide bonds. The molecule has 0 spiro atoms. The number of nitrogens with one attached hydrogen (secondary N) is 1. The first-order chi connectivity index (χ1) is 13.9. The molecule has 8 heteroatoms. The molecule has 2 N–H and O–H groups in total. The quantitative estimate of drug-likeness (QED) is 0.565. The number of esters is 1. The number of rotatable bonds is 6. The molecule has 0 aliphatic carbocycles. The third-order valence-electron chi connectivity index (χ3n) is 4.67. The van der Waals surface area contributed by atoms with E-state index in [0.29, 0.717) is 16.4 Å². The minimum atomic E-state index is -1.55. The molecule has 1 aliphatic rings. The second-order valence-corrected chi connectivity index (χ2v) is 9.65. The molecule has 3 atom stereocenters. The maximum absolute atomic E-state index is 12.7. The van der Waals surface area contributed by atoms with Gasteiger partial charge >= 0.3 is 5.97 Å². The maximum Gasteiger partial charge on any atom is 0.314 e. The monoisotopic (exact) mass is 492 g/mol. The number of nitrogens with zero attached hydrogens (tertiary/aromatic N) is 1. The molecule has 0 fully saturated rings. The fraction of sp³-hybridized carbons (Fsp3) is 0.333. The zero-order chi connectivity index (χ0) is 21.0. The van der Waals surface area contributed by atoms with Gasteiger partial charge in [-0.15, -0.1) is 23.1 Å². The van der Waals surface area contributed by atoms with Crippen molar-refractivity contribution in [3.63, 3.8) is 0 Å². The molecule has 0 saturated carbocycles. The van der Waals surface area contributed by atoms with Gasteiger partial charge in [-0.2, -0.15) is 5.26 Å². The first-order valence-electron chi connectivity index (χ1n) is 9.09. The summed E-state index contributed by atoms with van der Waals surface area (Å²) in [5.41, 5.74) is -0.0210. The summed E-state index contributed by atoms with van der Waals surface area (Å²) in [6.45, 7) is 3.49. The molecule has 3 unspecified atom stereocenters. The number of carbonyl (C=O) groups excluding carboxylic acids is 1. The topological polar surface area (TPSA) is 82.4 Å². The Kier molecular flexibility index (Phi) is 7.06. The first kappa shape index (κ1) is 21.9. The van der Waals surface area contributed by atoms with Crippen molar-refractivity contribution in [1.82, 2.24) is 5.32 Å². The van der Waals surface area contributed by atoms with E-state index in [1.54, 1.807) is 13.8 Å². The lowest BCUT2D eigenvalue weighted by Gasteiger charge is -2.42. The molecule has 1 aromatic heterocycles. The van der Waals surface area contributed by atoms with Gasteiger partial charge in [-0.3, -0.25) is 4.79 Å². The average Bonchev–Trinajstić information content (AvgIpc) is 3.21. The molecule has 0 bridgehead atoms. The molecule has 1 aliphatic heterocycles. The molecular formula is C21H21BrN2O3S2. The zero-order valence-electron chi connectivity index (χ0n) is 16.0. The van der Waals surface area contributed by atoms with Crippen LogP contribution in [0.15, 0.2) is 56.9 Å². The molecule has 2 heterocycles. The number of hydrogen-bond acceptors (Lipinski definition) is 7. The summed E-state index contributed by atoms with van der Waals surface area (Å²) in [4.78, 5) is 13.6. The second kappa shape index (κ2) is 9.35. The SMILES string of the molecule is CCOC(=O)C1C(c2cccs2)C(C#N)=C(SCc2ccc(Br)cc2)NC1(C)O. The number of carbonyl (C=O) groups is 1. The van der Waals surface area contributed by atoms with Crippen LogP contribution in [0.3, 0.4) is 0 Å². The van der Waals surface area contributed by atoms with Gasteiger partial charge in [-0.1, -0.05) is 34.1 Å². The Morgan fingerprint density at radius 2 is 2.14 bits per heavy atom.